The number of esters is 2. The molecule has 0 unspecified atom stereocenters. The Balaban J connectivity index is 0.000000201. The summed E-state index contributed by atoms with van der Waals surface area (Å²) in [7, 11) is 2.59. The van der Waals surface area contributed by atoms with Crippen molar-refractivity contribution in [2.75, 3.05) is 27.4 Å². The van der Waals surface area contributed by atoms with E-state index in [4.69, 9.17) is 18.9 Å². The van der Waals surface area contributed by atoms with Crippen molar-refractivity contribution in [3.63, 3.8) is 0 Å². The second-order valence-corrected chi connectivity index (χ2v) is 9.67. The molecule has 0 spiro atoms. The van der Waals surface area contributed by atoms with E-state index in [1.807, 2.05) is 12.1 Å². The van der Waals surface area contributed by atoms with E-state index in [2.05, 4.69) is 42.5 Å². The summed E-state index contributed by atoms with van der Waals surface area (Å²) in [5.41, 5.74) is -1.01. The van der Waals surface area contributed by atoms with Crippen LogP contribution in [0, 0.1) is 0 Å². The molecular formula is C24H24Br2N2O8. The third kappa shape index (κ3) is 5.81. The van der Waals surface area contributed by atoms with E-state index in [-0.39, 0.29) is 13.2 Å². The maximum absolute atomic E-state index is 12.0. The molecule has 2 atom stereocenters. The number of halogens is 2. The Morgan fingerprint density at radius 3 is 1.47 bits per heavy atom. The Kier molecular flexibility index (Phi) is 8.96. The smallest absolute Gasteiger partial charge is 0.408 e. The summed E-state index contributed by atoms with van der Waals surface area (Å²) >= 11 is 6.69. The Labute approximate surface area is 224 Å². The second kappa shape index (κ2) is 11.7. The molecule has 2 amide bonds. The highest BCUT2D eigenvalue weighted by Gasteiger charge is 2.47. The molecule has 4 rings (SSSR count). The number of amides is 2. The van der Waals surface area contributed by atoms with E-state index in [1.165, 1.54) is 14.2 Å². The number of alkyl carbamates (subject to hydrolysis) is 2. The van der Waals surface area contributed by atoms with Gasteiger partial charge in [-0.3, -0.25) is 0 Å². The maximum Gasteiger partial charge on any atom is 0.408 e. The van der Waals surface area contributed by atoms with Gasteiger partial charge in [0, 0.05) is 21.8 Å². The predicted octanol–water partition coefficient (Wildman–Crippen LogP) is 3.89. The molecule has 2 N–H and O–H groups in total. The van der Waals surface area contributed by atoms with Crippen LogP contribution >= 0.6 is 31.9 Å². The van der Waals surface area contributed by atoms with Crippen LogP contribution in [0.4, 0.5) is 9.59 Å². The lowest BCUT2D eigenvalue weighted by molar-refractivity contribution is -0.151. The van der Waals surface area contributed by atoms with Gasteiger partial charge in [-0.15, -0.1) is 0 Å². The van der Waals surface area contributed by atoms with E-state index in [1.54, 1.807) is 36.4 Å². The quantitative estimate of drug-likeness (QED) is 0.386. The normalized spacial score (nSPS) is 22.9. The molecule has 2 aliphatic rings. The molecule has 192 valence electrons. The van der Waals surface area contributed by atoms with E-state index in [0.29, 0.717) is 24.0 Å². The van der Waals surface area contributed by atoms with Gasteiger partial charge in [0.2, 0.25) is 0 Å². The van der Waals surface area contributed by atoms with Crippen LogP contribution in [0.5, 0.6) is 0 Å². The molecule has 36 heavy (non-hydrogen) atoms. The van der Waals surface area contributed by atoms with Crippen LogP contribution < -0.4 is 10.6 Å². The van der Waals surface area contributed by atoms with Crippen LogP contribution in [0.3, 0.4) is 0 Å². The summed E-state index contributed by atoms with van der Waals surface area (Å²) < 4.78 is 20.9. The van der Waals surface area contributed by atoms with Gasteiger partial charge in [-0.05, 0) is 35.4 Å². The van der Waals surface area contributed by atoms with Gasteiger partial charge in [0.1, 0.15) is 0 Å². The Hall–Kier alpha value is -3.12. The number of carbonyl (C=O) groups excluding carboxylic acids is 4. The van der Waals surface area contributed by atoms with Crippen LogP contribution in [0.2, 0.25) is 0 Å². The monoisotopic (exact) mass is 626 g/mol. The van der Waals surface area contributed by atoms with E-state index in [0.717, 1.165) is 8.95 Å². The third-order valence-electron chi connectivity index (χ3n) is 5.75. The van der Waals surface area contributed by atoms with Gasteiger partial charge in [0.15, 0.2) is 11.1 Å². The van der Waals surface area contributed by atoms with Crippen LogP contribution in [-0.2, 0) is 39.6 Å². The van der Waals surface area contributed by atoms with Gasteiger partial charge in [0.05, 0.1) is 27.4 Å². The van der Waals surface area contributed by atoms with Crippen molar-refractivity contribution < 1.29 is 38.1 Å². The fourth-order valence-electron chi connectivity index (χ4n) is 3.97. The average molecular weight is 628 g/mol. The average Bonchev–Trinajstić information content (AvgIpc) is 2.88. The zero-order chi connectivity index (χ0) is 26.3. The Morgan fingerprint density at radius 2 is 1.17 bits per heavy atom. The number of nitrogens with one attached hydrogen (secondary N) is 2. The molecule has 2 aliphatic heterocycles. The van der Waals surface area contributed by atoms with Crippen LogP contribution in [0.25, 0.3) is 0 Å². The zero-order valence-electron chi connectivity index (χ0n) is 19.5. The minimum absolute atomic E-state index is 0.174. The van der Waals surface area contributed by atoms with Crippen LogP contribution in [0.15, 0.2) is 57.5 Å². The number of cyclic esters (lactones) is 2. The van der Waals surface area contributed by atoms with Gasteiger partial charge in [-0.2, -0.15) is 0 Å². The SMILES string of the molecule is COC(=O)[C@]1(c2cccc(Br)c2)CCOC(=O)N1.COC(=O)[C@]1(c2cccc(Br)c2)CCOC(=O)N1. The minimum Gasteiger partial charge on any atom is -0.467 e. The number of rotatable bonds is 4. The molecule has 10 nitrogen and oxygen atoms in total. The standard InChI is InChI=1S/2C12H12BrNO4/c2*1-17-10(15)12(5-6-18-11(16)14-12)8-3-2-4-9(13)7-8/h2*2-4,7H,5-6H2,1H3,(H,14,16)/t2*12-/m11/s1. The molecule has 2 aromatic rings. The van der Waals surface area contributed by atoms with Crippen molar-refractivity contribution in [2.45, 2.75) is 23.9 Å². The van der Waals surface area contributed by atoms with Gasteiger partial charge in [0.25, 0.3) is 0 Å². The molecule has 0 bridgehead atoms. The van der Waals surface area contributed by atoms with E-state index in [9.17, 15) is 19.2 Å². The van der Waals surface area contributed by atoms with Crippen molar-refractivity contribution in [2.24, 2.45) is 0 Å². The number of benzene rings is 2. The first-order valence-electron chi connectivity index (χ1n) is 10.8. The van der Waals surface area contributed by atoms with Crippen molar-refractivity contribution in [1.29, 1.82) is 0 Å². The highest BCUT2D eigenvalue weighted by atomic mass is 79.9. The van der Waals surface area contributed by atoms with E-state index >= 15 is 0 Å². The summed E-state index contributed by atoms with van der Waals surface area (Å²) in [6.45, 7) is 0.348. The number of methoxy groups -OCH3 is 2. The fraction of sp³-hybridized carbons (Fsp3) is 0.333. The minimum atomic E-state index is -1.17. The molecule has 2 fully saturated rings. The lowest BCUT2D eigenvalue weighted by Gasteiger charge is -2.35. The van der Waals surface area contributed by atoms with Gasteiger partial charge >= 0.3 is 24.1 Å². The van der Waals surface area contributed by atoms with Crippen LogP contribution in [0.1, 0.15) is 24.0 Å². The highest BCUT2D eigenvalue weighted by Crippen LogP contribution is 2.32. The zero-order valence-corrected chi connectivity index (χ0v) is 22.6. The summed E-state index contributed by atoms with van der Waals surface area (Å²) in [6, 6.07) is 14.4. The number of hydrogen-bond acceptors (Lipinski definition) is 8. The van der Waals surface area contributed by atoms with Crippen molar-refractivity contribution >= 4 is 56.0 Å². The molecule has 0 aliphatic carbocycles. The molecule has 2 aromatic carbocycles. The van der Waals surface area contributed by atoms with Gasteiger partial charge in [-0.1, -0.05) is 56.1 Å². The third-order valence-corrected chi connectivity index (χ3v) is 6.74. The largest absolute Gasteiger partial charge is 0.467 e. The first-order chi connectivity index (χ1) is 17.2. The molecule has 12 heteroatoms. The molecule has 0 radical (unpaired) electrons. The first-order valence-corrected chi connectivity index (χ1v) is 12.3. The first kappa shape index (κ1) is 27.5. The topological polar surface area (TPSA) is 129 Å². The number of hydrogen-bond donors (Lipinski definition) is 2. The highest BCUT2D eigenvalue weighted by molar-refractivity contribution is 9.10. The van der Waals surface area contributed by atoms with Gasteiger partial charge < -0.3 is 29.6 Å². The summed E-state index contributed by atoms with van der Waals surface area (Å²) in [6.07, 6.45) is -0.567. The van der Waals surface area contributed by atoms with Crippen molar-refractivity contribution in [3.05, 3.63) is 68.6 Å². The van der Waals surface area contributed by atoms with Crippen molar-refractivity contribution in [1.82, 2.24) is 10.6 Å². The summed E-state index contributed by atoms with van der Waals surface area (Å²) in [5, 5.41) is 5.14. The summed E-state index contributed by atoms with van der Waals surface area (Å²) in [4.78, 5) is 46.9. The second-order valence-electron chi connectivity index (χ2n) is 7.84. The molecule has 0 saturated carbocycles. The lowest BCUT2D eigenvalue weighted by Crippen LogP contribution is -2.56. The molecule has 0 aromatic heterocycles. The van der Waals surface area contributed by atoms with Crippen LogP contribution in [-0.4, -0.2) is 51.6 Å². The van der Waals surface area contributed by atoms with Crippen molar-refractivity contribution in [3.8, 4) is 0 Å². The molecule has 2 saturated heterocycles. The number of carbonyl (C=O) groups is 4. The Bertz CT molecular complexity index is 1070. The maximum atomic E-state index is 12.0. The summed E-state index contributed by atoms with van der Waals surface area (Å²) in [5.74, 6) is -1.01. The fourth-order valence-corrected chi connectivity index (χ4v) is 4.77. The van der Waals surface area contributed by atoms with E-state index < -0.39 is 35.2 Å². The lowest BCUT2D eigenvalue weighted by atomic mass is 9.86. The molecule has 2 heterocycles. The molecular weight excluding hydrogens is 604 g/mol. The van der Waals surface area contributed by atoms with Gasteiger partial charge in [-0.25, -0.2) is 19.2 Å². The Morgan fingerprint density at radius 1 is 0.778 bits per heavy atom. The predicted molar refractivity (Wildman–Crippen MR) is 134 cm³/mol. The number of ether oxygens (including phenoxy) is 4.